The average Bonchev–Trinajstić information content (AvgIpc) is 2.49. The van der Waals surface area contributed by atoms with Crippen molar-refractivity contribution in [2.24, 2.45) is 5.41 Å². The van der Waals surface area contributed by atoms with Crippen molar-refractivity contribution < 1.29 is 12.6 Å². The summed E-state index contributed by atoms with van der Waals surface area (Å²) in [6, 6.07) is 2.16. The van der Waals surface area contributed by atoms with E-state index in [1.54, 1.807) is 0 Å². The van der Waals surface area contributed by atoms with Crippen LogP contribution in [-0.4, -0.2) is 21.3 Å². The molecule has 0 heterocycles. The van der Waals surface area contributed by atoms with E-state index in [2.05, 4.69) is 10.3 Å². The third kappa shape index (κ3) is 2.98. The maximum atomic E-state index is 10.7. The van der Waals surface area contributed by atoms with Crippen LogP contribution < -0.4 is 0 Å². The number of rotatable bonds is 3. The lowest BCUT2D eigenvalue weighted by Crippen LogP contribution is -2.23. The zero-order valence-corrected chi connectivity index (χ0v) is 8.43. The highest BCUT2D eigenvalue weighted by atomic mass is 32.2. The summed E-state index contributed by atoms with van der Waals surface area (Å²) in [5.41, 5.74) is -0.552. The van der Waals surface area contributed by atoms with E-state index in [-0.39, 0.29) is 6.61 Å². The monoisotopic (exact) mass is 203 g/mol. The Kier molecular flexibility index (Phi) is 2.94. The second kappa shape index (κ2) is 3.64. The summed E-state index contributed by atoms with van der Waals surface area (Å²) in [4.78, 5) is 0. The molecule has 0 saturated heterocycles. The number of nitrogens with zero attached hydrogens (tertiary/aromatic N) is 1. The second-order valence-corrected chi connectivity index (χ2v) is 5.21. The standard InChI is InChI=1S/C8H13NO3S/c1-13(10,11)12-7-8(6-9)4-2-3-5-8/h2-5,7H2,1H3. The van der Waals surface area contributed by atoms with Crippen molar-refractivity contribution in [1.29, 1.82) is 5.26 Å². The van der Waals surface area contributed by atoms with Gasteiger partial charge in [0.05, 0.1) is 24.3 Å². The molecule has 0 atom stereocenters. The topological polar surface area (TPSA) is 67.2 Å². The van der Waals surface area contributed by atoms with E-state index in [4.69, 9.17) is 5.26 Å². The predicted molar refractivity (Wildman–Crippen MR) is 47.3 cm³/mol. The molecule has 0 unspecified atom stereocenters. The van der Waals surface area contributed by atoms with E-state index in [9.17, 15) is 8.42 Å². The molecule has 1 rings (SSSR count). The largest absolute Gasteiger partial charge is 0.269 e. The van der Waals surface area contributed by atoms with Gasteiger partial charge in [-0.1, -0.05) is 12.8 Å². The van der Waals surface area contributed by atoms with E-state index in [0.717, 1.165) is 31.9 Å². The zero-order valence-electron chi connectivity index (χ0n) is 7.62. The Morgan fingerprint density at radius 1 is 1.46 bits per heavy atom. The van der Waals surface area contributed by atoms with Crippen LogP contribution in [0.1, 0.15) is 25.7 Å². The van der Waals surface area contributed by atoms with Crippen LogP contribution >= 0.6 is 0 Å². The smallest absolute Gasteiger partial charge is 0.264 e. The quantitative estimate of drug-likeness (QED) is 0.643. The molecule has 4 nitrogen and oxygen atoms in total. The van der Waals surface area contributed by atoms with Gasteiger partial charge in [0.15, 0.2) is 0 Å². The fourth-order valence-electron chi connectivity index (χ4n) is 1.56. The summed E-state index contributed by atoms with van der Waals surface area (Å²) in [5.74, 6) is 0. The highest BCUT2D eigenvalue weighted by Crippen LogP contribution is 2.37. The average molecular weight is 203 g/mol. The third-order valence-electron chi connectivity index (χ3n) is 2.35. The molecule has 0 aromatic rings. The van der Waals surface area contributed by atoms with Gasteiger partial charge in [0.1, 0.15) is 0 Å². The van der Waals surface area contributed by atoms with Gasteiger partial charge in [0.25, 0.3) is 10.1 Å². The summed E-state index contributed by atoms with van der Waals surface area (Å²) in [6.07, 6.45) is 4.48. The van der Waals surface area contributed by atoms with Crippen LogP contribution in [0, 0.1) is 16.7 Å². The van der Waals surface area contributed by atoms with Crippen LogP contribution in [0.2, 0.25) is 0 Å². The van der Waals surface area contributed by atoms with Gasteiger partial charge < -0.3 is 0 Å². The van der Waals surface area contributed by atoms with Gasteiger partial charge >= 0.3 is 0 Å². The Hall–Kier alpha value is -0.600. The summed E-state index contributed by atoms with van der Waals surface area (Å²) < 4.78 is 26.1. The summed E-state index contributed by atoms with van der Waals surface area (Å²) >= 11 is 0. The molecule has 0 N–H and O–H groups in total. The van der Waals surface area contributed by atoms with Crippen LogP contribution in [0.3, 0.4) is 0 Å². The van der Waals surface area contributed by atoms with Crippen LogP contribution in [0.5, 0.6) is 0 Å². The first-order valence-corrected chi connectivity index (χ1v) is 6.05. The zero-order chi connectivity index (χ0) is 9.95. The van der Waals surface area contributed by atoms with E-state index in [1.807, 2.05) is 0 Å². The van der Waals surface area contributed by atoms with E-state index in [0.29, 0.717) is 0 Å². The molecular weight excluding hydrogens is 190 g/mol. The lowest BCUT2D eigenvalue weighted by molar-refractivity contribution is 0.208. The van der Waals surface area contributed by atoms with Gasteiger partial charge in [-0.3, -0.25) is 4.18 Å². The molecule has 0 amide bonds. The maximum absolute atomic E-state index is 10.7. The van der Waals surface area contributed by atoms with Crippen LogP contribution in [0.4, 0.5) is 0 Å². The minimum absolute atomic E-state index is 0.0162. The lowest BCUT2D eigenvalue weighted by Gasteiger charge is -2.18. The van der Waals surface area contributed by atoms with Gasteiger partial charge in [0.2, 0.25) is 0 Å². The molecule has 1 aliphatic rings. The molecule has 0 bridgehead atoms. The first kappa shape index (κ1) is 10.5. The molecule has 5 heteroatoms. The van der Waals surface area contributed by atoms with E-state index in [1.165, 1.54) is 0 Å². The maximum Gasteiger partial charge on any atom is 0.264 e. The van der Waals surface area contributed by atoms with Crippen LogP contribution in [0.15, 0.2) is 0 Å². The molecular formula is C8H13NO3S. The first-order chi connectivity index (χ1) is 5.97. The highest BCUT2D eigenvalue weighted by molar-refractivity contribution is 7.85. The molecule has 0 aromatic carbocycles. The molecule has 0 spiro atoms. The predicted octanol–water partition coefficient (Wildman–Crippen LogP) is 1.05. The fraction of sp³-hybridized carbons (Fsp3) is 0.875. The molecule has 1 saturated carbocycles. The van der Waals surface area contributed by atoms with Crippen molar-refractivity contribution in [3.63, 3.8) is 0 Å². The lowest BCUT2D eigenvalue weighted by atomic mass is 9.90. The van der Waals surface area contributed by atoms with Crippen molar-refractivity contribution in [3.05, 3.63) is 0 Å². The van der Waals surface area contributed by atoms with Crippen molar-refractivity contribution >= 4 is 10.1 Å². The number of hydrogen-bond acceptors (Lipinski definition) is 4. The summed E-state index contributed by atoms with van der Waals surface area (Å²) in [7, 11) is -3.41. The first-order valence-electron chi connectivity index (χ1n) is 4.23. The van der Waals surface area contributed by atoms with Crippen LogP contribution in [0.25, 0.3) is 0 Å². The van der Waals surface area contributed by atoms with Gasteiger partial charge in [-0.25, -0.2) is 0 Å². The number of nitriles is 1. The minimum atomic E-state index is -3.41. The van der Waals surface area contributed by atoms with Gasteiger partial charge in [-0.15, -0.1) is 0 Å². The normalized spacial score (nSPS) is 21.2. The Morgan fingerprint density at radius 2 is 2.00 bits per heavy atom. The number of hydrogen-bond donors (Lipinski definition) is 0. The fourth-order valence-corrected chi connectivity index (χ4v) is 2.00. The highest BCUT2D eigenvalue weighted by Gasteiger charge is 2.35. The van der Waals surface area contributed by atoms with Crippen molar-refractivity contribution in [3.8, 4) is 6.07 Å². The molecule has 13 heavy (non-hydrogen) atoms. The van der Waals surface area contributed by atoms with Crippen molar-refractivity contribution in [2.75, 3.05) is 12.9 Å². The van der Waals surface area contributed by atoms with Gasteiger partial charge in [0, 0.05) is 0 Å². The summed E-state index contributed by atoms with van der Waals surface area (Å²) in [6.45, 7) is 0.0162. The Morgan fingerprint density at radius 3 is 2.38 bits per heavy atom. The molecule has 1 aliphatic carbocycles. The third-order valence-corrected chi connectivity index (χ3v) is 2.89. The van der Waals surface area contributed by atoms with Gasteiger partial charge in [-0.05, 0) is 12.8 Å². The Balaban J connectivity index is 2.56. The molecule has 0 radical (unpaired) electrons. The van der Waals surface area contributed by atoms with Crippen molar-refractivity contribution in [2.45, 2.75) is 25.7 Å². The SMILES string of the molecule is CS(=O)(=O)OCC1(C#N)CCCC1. The Labute approximate surface area is 78.6 Å². The van der Waals surface area contributed by atoms with E-state index < -0.39 is 15.5 Å². The molecule has 0 aromatic heterocycles. The molecule has 74 valence electrons. The van der Waals surface area contributed by atoms with E-state index >= 15 is 0 Å². The molecule has 0 aliphatic heterocycles. The van der Waals surface area contributed by atoms with Crippen LogP contribution in [-0.2, 0) is 14.3 Å². The molecule has 1 fully saturated rings. The summed E-state index contributed by atoms with van der Waals surface area (Å²) in [5, 5.41) is 8.89. The second-order valence-electron chi connectivity index (χ2n) is 3.57. The Bertz CT molecular complexity index is 309. The van der Waals surface area contributed by atoms with Gasteiger partial charge in [-0.2, -0.15) is 13.7 Å². The minimum Gasteiger partial charge on any atom is -0.269 e. The van der Waals surface area contributed by atoms with Crippen molar-refractivity contribution in [1.82, 2.24) is 0 Å².